The lowest BCUT2D eigenvalue weighted by Gasteiger charge is -2.19. The smallest absolute Gasteiger partial charge is 0.406 e. The van der Waals surface area contributed by atoms with Gasteiger partial charge in [-0.2, -0.15) is 0 Å². The minimum Gasteiger partial charge on any atom is -0.406 e. The fourth-order valence-corrected chi connectivity index (χ4v) is 3.11. The van der Waals surface area contributed by atoms with E-state index < -0.39 is 34.6 Å². The Kier molecular flexibility index (Phi) is 10.1. The van der Waals surface area contributed by atoms with Crippen LogP contribution in [0.5, 0.6) is 5.75 Å². The lowest BCUT2D eigenvalue weighted by molar-refractivity contribution is -0.274. The molecule has 1 amide bonds. The normalized spacial score (nSPS) is 13.0. The van der Waals surface area contributed by atoms with Crippen LogP contribution in [-0.2, 0) is 14.8 Å². The number of rotatable bonds is 9. The van der Waals surface area contributed by atoms with Gasteiger partial charge in [0, 0.05) is 12.6 Å². The van der Waals surface area contributed by atoms with Gasteiger partial charge in [0.2, 0.25) is 15.9 Å². The quantitative estimate of drug-likeness (QED) is 0.549. The number of halogens is 4. The van der Waals surface area contributed by atoms with Gasteiger partial charge >= 0.3 is 6.36 Å². The van der Waals surface area contributed by atoms with E-state index in [0.29, 0.717) is 12.3 Å². The van der Waals surface area contributed by atoms with E-state index in [0.717, 1.165) is 24.3 Å². The Hall–Kier alpha value is -1.56. The lowest BCUT2D eigenvalue weighted by Crippen LogP contribution is -2.45. The van der Waals surface area contributed by atoms with Crippen molar-refractivity contribution >= 4 is 28.3 Å². The largest absolute Gasteiger partial charge is 0.573 e. The second-order valence-electron chi connectivity index (χ2n) is 5.97. The summed E-state index contributed by atoms with van der Waals surface area (Å²) < 4.78 is 66.2. The number of nitrogens with one attached hydrogen (secondary N) is 2. The van der Waals surface area contributed by atoms with E-state index in [1.54, 1.807) is 0 Å². The first-order chi connectivity index (χ1) is 11.9. The van der Waals surface area contributed by atoms with Crippen LogP contribution in [0.1, 0.15) is 20.3 Å². The SMILES string of the molecule is CC(C)CC(CN)NC(=O)CNS(=O)(=O)c1ccc(OC(F)(F)F)cc1.Cl. The first-order valence-electron chi connectivity index (χ1n) is 7.78. The Balaban J connectivity index is 0.00000676. The molecule has 1 aromatic carbocycles. The molecule has 1 rings (SSSR count). The molecule has 0 aliphatic rings. The molecular weight excluding hydrogens is 411 g/mol. The van der Waals surface area contributed by atoms with Gasteiger partial charge in [0.05, 0.1) is 11.4 Å². The number of hydrogen-bond donors (Lipinski definition) is 3. The molecule has 4 N–H and O–H groups in total. The van der Waals surface area contributed by atoms with E-state index in [2.05, 4.69) is 14.8 Å². The van der Waals surface area contributed by atoms with E-state index in [9.17, 15) is 26.4 Å². The molecule has 0 radical (unpaired) electrons. The molecule has 7 nitrogen and oxygen atoms in total. The van der Waals surface area contributed by atoms with Crippen LogP contribution in [-0.4, -0.2) is 39.8 Å². The zero-order valence-corrected chi connectivity index (χ0v) is 16.4. The molecule has 0 spiro atoms. The van der Waals surface area contributed by atoms with Crippen molar-refractivity contribution < 1.29 is 31.1 Å². The van der Waals surface area contributed by atoms with Gasteiger partial charge in [-0.25, -0.2) is 13.1 Å². The Bertz CT molecular complexity index is 697. The third-order valence-corrected chi connectivity index (χ3v) is 4.61. The van der Waals surface area contributed by atoms with Crippen molar-refractivity contribution in [1.82, 2.24) is 10.0 Å². The summed E-state index contributed by atoms with van der Waals surface area (Å²) in [5.74, 6) is -0.798. The van der Waals surface area contributed by atoms with Crippen LogP contribution in [0.15, 0.2) is 29.2 Å². The standard InChI is InChI=1S/C15H22F3N3O4S.ClH/c1-10(2)7-11(8-19)21-14(22)9-20-26(23,24)13-5-3-12(4-6-13)25-15(16,17)18;/h3-6,10-11,20H,7-9,19H2,1-2H3,(H,21,22);1H. The van der Waals surface area contributed by atoms with Crippen molar-refractivity contribution in [2.24, 2.45) is 11.7 Å². The highest BCUT2D eigenvalue weighted by molar-refractivity contribution is 7.89. The van der Waals surface area contributed by atoms with Crippen LogP contribution in [0.3, 0.4) is 0 Å². The molecule has 27 heavy (non-hydrogen) atoms. The number of amides is 1. The van der Waals surface area contributed by atoms with Gasteiger partial charge in [0.15, 0.2) is 0 Å². The van der Waals surface area contributed by atoms with Crippen LogP contribution in [0.4, 0.5) is 13.2 Å². The van der Waals surface area contributed by atoms with Crippen LogP contribution in [0.2, 0.25) is 0 Å². The summed E-state index contributed by atoms with van der Waals surface area (Å²) in [5, 5.41) is 2.62. The van der Waals surface area contributed by atoms with Crippen LogP contribution in [0, 0.1) is 5.92 Å². The maximum absolute atomic E-state index is 12.1. The van der Waals surface area contributed by atoms with Crippen molar-refractivity contribution in [2.75, 3.05) is 13.1 Å². The van der Waals surface area contributed by atoms with Crippen molar-refractivity contribution in [3.63, 3.8) is 0 Å². The summed E-state index contributed by atoms with van der Waals surface area (Å²) in [7, 11) is -4.06. The Morgan fingerprint density at radius 1 is 1.22 bits per heavy atom. The number of ether oxygens (including phenoxy) is 1. The van der Waals surface area contributed by atoms with E-state index in [-0.39, 0.29) is 29.9 Å². The van der Waals surface area contributed by atoms with Gasteiger partial charge < -0.3 is 15.8 Å². The number of alkyl halides is 3. The molecule has 0 saturated heterocycles. The average Bonchev–Trinajstić information content (AvgIpc) is 2.51. The number of carbonyl (C=O) groups excluding carboxylic acids is 1. The lowest BCUT2D eigenvalue weighted by atomic mass is 10.0. The van der Waals surface area contributed by atoms with Crippen LogP contribution >= 0.6 is 12.4 Å². The predicted molar refractivity (Wildman–Crippen MR) is 96.0 cm³/mol. The monoisotopic (exact) mass is 433 g/mol. The zero-order chi connectivity index (χ0) is 20.0. The molecule has 0 fully saturated rings. The summed E-state index contributed by atoms with van der Waals surface area (Å²) in [5.41, 5.74) is 5.55. The number of carbonyl (C=O) groups is 1. The van der Waals surface area contributed by atoms with Crippen molar-refractivity contribution in [3.8, 4) is 5.75 Å². The first kappa shape index (κ1) is 25.4. The summed E-state index contributed by atoms with van der Waals surface area (Å²) in [6.07, 6.45) is -4.22. The van der Waals surface area contributed by atoms with E-state index >= 15 is 0 Å². The molecule has 0 bridgehead atoms. The van der Waals surface area contributed by atoms with Crippen molar-refractivity contribution in [2.45, 2.75) is 37.6 Å². The third-order valence-electron chi connectivity index (χ3n) is 3.20. The third kappa shape index (κ3) is 9.80. The van der Waals surface area contributed by atoms with E-state index in [4.69, 9.17) is 5.73 Å². The molecule has 0 aromatic heterocycles. The fraction of sp³-hybridized carbons (Fsp3) is 0.533. The van der Waals surface area contributed by atoms with Crippen molar-refractivity contribution in [1.29, 1.82) is 0 Å². The summed E-state index contributed by atoms with van der Waals surface area (Å²) in [6.45, 7) is 3.63. The summed E-state index contributed by atoms with van der Waals surface area (Å²) in [6, 6.07) is 3.36. The highest BCUT2D eigenvalue weighted by atomic mass is 35.5. The first-order valence-corrected chi connectivity index (χ1v) is 9.26. The predicted octanol–water partition coefficient (Wildman–Crippen LogP) is 1.77. The topological polar surface area (TPSA) is 111 Å². The second-order valence-corrected chi connectivity index (χ2v) is 7.74. The number of hydrogen-bond acceptors (Lipinski definition) is 5. The Labute approximate surface area is 162 Å². The molecule has 0 heterocycles. The van der Waals surface area contributed by atoms with E-state index in [1.165, 1.54) is 0 Å². The average molecular weight is 434 g/mol. The highest BCUT2D eigenvalue weighted by Gasteiger charge is 2.31. The molecule has 0 saturated carbocycles. The van der Waals surface area contributed by atoms with Gasteiger partial charge in [-0.3, -0.25) is 4.79 Å². The molecule has 0 aliphatic carbocycles. The number of sulfonamides is 1. The van der Waals surface area contributed by atoms with Crippen LogP contribution < -0.4 is 20.5 Å². The molecular formula is C15H23ClF3N3O4S. The highest BCUT2D eigenvalue weighted by Crippen LogP contribution is 2.23. The molecule has 1 aromatic rings. The van der Waals surface area contributed by atoms with Gasteiger partial charge in [-0.15, -0.1) is 25.6 Å². The maximum atomic E-state index is 12.1. The fourth-order valence-electron chi connectivity index (χ4n) is 2.13. The minimum atomic E-state index is -4.87. The molecule has 1 unspecified atom stereocenters. The number of benzene rings is 1. The van der Waals surface area contributed by atoms with Crippen molar-refractivity contribution in [3.05, 3.63) is 24.3 Å². The van der Waals surface area contributed by atoms with Crippen LogP contribution in [0.25, 0.3) is 0 Å². The maximum Gasteiger partial charge on any atom is 0.573 e. The van der Waals surface area contributed by atoms with E-state index in [1.807, 2.05) is 13.8 Å². The summed E-state index contributed by atoms with van der Waals surface area (Å²) >= 11 is 0. The van der Waals surface area contributed by atoms with Gasteiger partial charge in [0.1, 0.15) is 5.75 Å². The molecule has 1 atom stereocenters. The number of nitrogens with two attached hydrogens (primary N) is 1. The second kappa shape index (κ2) is 10.7. The van der Waals surface area contributed by atoms with Gasteiger partial charge in [-0.1, -0.05) is 13.8 Å². The Morgan fingerprint density at radius 3 is 2.22 bits per heavy atom. The molecule has 12 heteroatoms. The Morgan fingerprint density at radius 2 is 1.78 bits per heavy atom. The van der Waals surface area contributed by atoms with Gasteiger partial charge in [0.25, 0.3) is 0 Å². The molecule has 0 aliphatic heterocycles. The molecule has 156 valence electrons. The summed E-state index contributed by atoms with van der Waals surface area (Å²) in [4.78, 5) is 11.5. The minimum absolute atomic E-state index is 0. The van der Waals surface area contributed by atoms with Gasteiger partial charge in [-0.05, 0) is 36.6 Å². The zero-order valence-electron chi connectivity index (χ0n) is 14.7.